The van der Waals surface area contributed by atoms with Crippen LogP contribution in [-0.2, 0) is 0 Å². The SMILES string of the molecule is Cc1cccc(F)c1Nc1ncccc1C(=O)O. The Morgan fingerprint density at radius 2 is 2.11 bits per heavy atom. The maximum absolute atomic E-state index is 13.6. The van der Waals surface area contributed by atoms with E-state index in [0.29, 0.717) is 5.56 Å². The zero-order valence-electron chi connectivity index (χ0n) is 9.64. The average Bonchev–Trinajstić information content (AvgIpc) is 2.34. The second-order valence-electron chi connectivity index (χ2n) is 3.76. The Bertz CT molecular complexity index is 579. The summed E-state index contributed by atoms with van der Waals surface area (Å²) in [6.45, 7) is 1.73. The van der Waals surface area contributed by atoms with Crippen LogP contribution in [0.2, 0.25) is 0 Å². The molecule has 0 aliphatic carbocycles. The zero-order valence-corrected chi connectivity index (χ0v) is 9.64. The molecule has 0 unspecified atom stereocenters. The number of aromatic nitrogens is 1. The van der Waals surface area contributed by atoms with Crippen molar-refractivity contribution in [2.45, 2.75) is 6.92 Å². The van der Waals surface area contributed by atoms with Gasteiger partial charge in [0.05, 0.1) is 5.69 Å². The number of halogens is 1. The molecule has 0 aliphatic heterocycles. The number of nitrogens with zero attached hydrogens (tertiary/aromatic N) is 1. The number of pyridine rings is 1. The summed E-state index contributed by atoms with van der Waals surface area (Å²) in [5.41, 5.74) is 0.913. The molecule has 0 fully saturated rings. The van der Waals surface area contributed by atoms with Gasteiger partial charge in [-0.05, 0) is 30.7 Å². The molecule has 1 aromatic heterocycles. The van der Waals surface area contributed by atoms with Crippen molar-refractivity contribution in [2.24, 2.45) is 0 Å². The highest BCUT2D eigenvalue weighted by Gasteiger charge is 2.13. The van der Waals surface area contributed by atoms with Crippen molar-refractivity contribution >= 4 is 17.5 Å². The first-order chi connectivity index (χ1) is 8.59. The van der Waals surface area contributed by atoms with Crippen molar-refractivity contribution in [2.75, 3.05) is 5.32 Å². The number of aryl methyl sites for hydroxylation is 1. The lowest BCUT2D eigenvalue weighted by Crippen LogP contribution is -2.06. The molecule has 2 N–H and O–H groups in total. The number of aromatic carboxylic acids is 1. The molecule has 0 atom stereocenters. The summed E-state index contributed by atoms with van der Waals surface area (Å²) in [5, 5.41) is 11.7. The molecule has 2 rings (SSSR count). The summed E-state index contributed by atoms with van der Waals surface area (Å²) in [6.07, 6.45) is 1.45. The number of carbonyl (C=O) groups is 1. The first-order valence-electron chi connectivity index (χ1n) is 5.30. The van der Waals surface area contributed by atoms with E-state index in [4.69, 9.17) is 5.11 Å². The minimum Gasteiger partial charge on any atom is -0.478 e. The van der Waals surface area contributed by atoms with E-state index >= 15 is 0 Å². The lowest BCUT2D eigenvalue weighted by atomic mass is 10.2. The minimum absolute atomic E-state index is 0.000142. The van der Waals surface area contributed by atoms with Crippen molar-refractivity contribution in [3.63, 3.8) is 0 Å². The van der Waals surface area contributed by atoms with Gasteiger partial charge in [-0.3, -0.25) is 0 Å². The highest BCUT2D eigenvalue weighted by molar-refractivity contribution is 5.94. The fourth-order valence-corrected chi connectivity index (χ4v) is 1.59. The predicted octanol–water partition coefficient (Wildman–Crippen LogP) is 2.97. The molecule has 0 amide bonds. The van der Waals surface area contributed by atoms with Gasteiger partial charge in [0.1, 0.15) is 17.2 Å². The molecule has 0 aliphatic rings. The lowest BCUT2D eigenvalue weighted by molar-refractivity contribution is 0.0697. The second-order valence-corrected chi connectivity index (χ2v) is 3.76. The third-order valence-electron chi connectivity index (χ3n) is 2.50. The topological polar surface area (TPSA) is 62.2 Å². The number of para-hydroxylation sites is 1. The molecule has 4 nitrogen and oxygen atoms in total. The molecule has 1 heterocycles. The Morgan fingerprint density at radius 1 is 1.33 bits per heavy atom. The maximum atomic E-state index is 13.6. The Balaban J connectivity index is 2.43. The molecule has 18 heavy (non-hydrogen) atoms. The van der Waals surface area contributed by atoms with Crippen LogP contribution < -0.4 is 5.32 Å². The smallest absolute Gasteiger partial charge is 0.339 e. The predicted molar refractivity (Wildman–Crippen MR) is 65.6 cm³/mol. The second kappa shape index (κ2) is 4.83. The van der Waals surface area contributed by atoms with Crippen LogP contribution in [0.5, 0.6) is 0 Å². The summed E-state index contributed by atoms with van der Waals surface area (Å²) < 4.78 is 13.6. The van der Waals surface area contributed by atoms with Gasteiger partial charge in [0.2, 0.25) is 0 Å². The summed E-state index contributed by atoms with van der Waals surface area (Å²) in [4.78, 5) is 14.9. The molecule has 5 heteroatoms. The standard InChI is InChI=1S/C13H11FN2O2/c1-8-4-2-6-10(14)11(8)16-12-9(13(17)18)5-3-7-15-12/h2-7H,1H3,(H,15,16)(H,17,18). The molecule has 0 bridgehead atoms. The van der Waals surface area contributed by atoms with Gasteiger partial charge in [-0.1, -0.05) is 12.1 Å². The lowest BCUT2D eigenvalue weighted by Gasteiger charge is -2.11. The van der Waals surface area contributed by atoms with Crippen molar-refractivity contribution in [3.8, 4) is 0 Å². The van der Waals surface area contributed by atoms with Gasteiger partial charge < -0.3 is 10.4 Å². The van der Waals surface area contributed by atoms with Crippen LogP contribution in [0, 0.1) is 12.7 Å². The Morgan fingerprint density at radius 3 is 2.78 bits per heavy atom. The van der Waals surface area contributed by atoms with Crippen molar-refractivity contribution in [1.82, 2.24) is 4.98 Å². The number of hydrogen-bond donors (Lipinski definition) is 2. The monoisotopic (exact) mass is 246 g/mol. The largest absolute Gasteiger partial charge is 0.478 e. The van der Waals surface area contributed by atoms with Gasteiger partial charge in [0, 0.05) is 6.20 Å². The highest BCUT2D eigenvalue weighted by Crippen LogP contribution is 2.24. The molecule has 0 saturated carbocycles. The quantitative estimate of drug-likeness (QED) is 0.874. The molecule has 2 aromatic rings. The number of rotatable bonds is 3. The van der Waals surface area contributed by atoms with E-state index < -0.39 is 11.8 Å². The number of anilines is 2. The third-order valence-corrected chi connectivity index (χ3v) is 2.50. The van der Waals surface area contributed by atoms with Gasteiger partial charge in [0.25, 0.3) is 0 Å². The van der Waals surface area contributed by atoms with Crippen molar-refractivity contribution in [1.29, 1.82) is 0 Å². The molecule has 1 aromatic carbocycles. The van der Waals surface area contributed by atoms with Crippen LogP contribution in [-0.4, -0.2) is 16.1 Å². The Kier molecular flexibility index (Phi) is 3.23. The maximum Gasteiger partial charge on any atom is 0.339 e. The van der Waals surface area contributed by atoms with Crippen LogP contribution in [0.1, 0.15) is 15.9 Å². The third kappa shape index (κ3) is 2.29. The van der Waals surface area contributed by atoms with Gasteiger partial charge >= 0.3 is 5.97 Å². The van der Waals surface area contributed by atoms with Crippen LogP contribution in [0.3, 0.4) is 0 Å². The number of carboxylic acid groups (broad SMARTS) is 1. The molecule has 92 valence electrons. The molecule has 0 saturated heterocycles. The number of benzene rings is 1. The molecule has 0 spiro atoms. The van der Waals surface area contributed by atoms with E-state index in [2.05, 4.69) is 10.3 Å². The van der Waals surface area contributed by atoms with E-state index in [1.165, 1.54) is 24.4 Å². The normalized spacial score (nSPS) is 10.1. The Labute approximate surface area is 103 Å². The fraction of sp³-hybridized carbons (Fsp3) is 0.0769. The van der Waals surface area contributed by atoms with E-state index in [0.717, 1.165) is 0 Å². The number of nitrogens with one attached hydrogen (secondary N) is 1. The zero-order chi connectivity index (χ0) is 13.1. The summed E-state index contributed by atoms with van der Waals surface area (Å²) in [7, 11) is 0. The van der Waals surface area contributed by atoms with Crippen LogP contribution in [0.15, 0.2) is 36.5 Å². The van der Waals surface area contributed by atoms with Gasteiger partial charge in [-0.25, -0.2) is 14.2 Å². The van der Waals surface area contributed by atoms with Crippen molar-refractivity contribution < 1.29 is 14.3 Å². The van der Waals surface area contributed by atoms with Crippen LogP contribution in [0.25, 0.3) is 0 Å². The first-order valence-corrected chi connectivity index (χ1v) is 5.30. The van der Waals surface area contributed by atoms with E-state index in [-0.39, 0.29) is 17.1 Å². The average molecular weight is 246 g/mol. The van der Waals surface area contributed by atoms with Gasteiger partial charge in [-0.2, -0.15) is 0 Å². The number of carboxylic acids is 1. The van der Waals surface area contributed by atoms with Crippen LogP contribution in [0.4, 0.5) is 15.9 Å². The van der Waals surface area contributed by atoms with Crippen LogP contribution >= 0.6 is 0 Å². The Hall–Kier alpha value is -2.43. The van der Waals surface area contributed by atoms with Gasteiger partial charge in [-0.15, -0.1) is 0 Å². The number of hydrogen-bond acceptors (Lipinski definition) is 3. The summed E-state index contributed by atoms with van der Waals surface area (Å²) in [6, 6.07) is 7.55. The van der Waals surface area contributed by atoms with Crippen molar-refractivity contribution in [3.05, 3.63) is 53.5 Å². The first kappa shape index (κ1) is 12.0. The van der Waals surface area contributed by atoms with E-state index in [9.17, 15) is 9.18 Å². The summed E-state index contributed by atoms with van der Waals surface area (Å²) in [5.74, 6) is -1.44. The fourth-order valence-electron chi connectivity index (χ4n) is 1.59. The van der Waals surface area contributed by atoms with E-state index in [1.54, 1.807) is 19.1 Å². The van der Waals surface area contributed by atoms with E-state index in [1.807, 2.05) is 0 Å². The summed E-state index contributed by atoms with van der Waals surface area (Å²) >= 11 is 0. The minimum atomic E-state index is -1.11. The highest BCUT2D eigenvalue weighted by atomic mass is 19.1. The molecular weight excluding hydrogens is 235 g/mol. The molecule has 0 radical (unpaired) electrons. The molecular formula is C13H11FN2O2. The van der Waals surface area contributed by atoms with Gasteiger partial charge in [0.15, 0.2) is 0 Å².